The molecule has 1 aromatic carbocycles. The molecule has 1 aliphatic rings. The van der Waals surface area contributed by atoms with Gasteiger partial charge in [-0.2, -0.15) is 0 Å². The number of nitrogens with zero attached hydrogens (tertiary/aromatic N) is 4. The molecule has 6 nitrogen and oxygen atoms in total. The average Bonchev–Trinajstić information content (AvgIpc) is 3.00. The largest absolute Gasteiger partial charge is 0.306 e. The van der Waals surface area contributed by atoms with Crippen LogP contribution in [0.2, 0.25) is 0 Å². The van der Waals surface area contributed by atoms with Crippen LogP contribution in [0.1, 0.15) is 25.3 Å². The Kier molecular flexibility index (Phi) is 5.25. The van der Waals surface area contributed by atoms with Crippen molar-refractivity contribution in [2.75, 3.05) is 18.4 Å². The van der Waals surface area contributed by atoms with Crippen molar-refractivity contribution in [2.24, 2.45) is 13.0 Å². The van der Waals surface area contributed by atoms with E-state index in [1.165, 1.54) is 5.56 Å². The third-order valence-corrected chi connectivity index (χ3v) is 4.80. The number of nitrogens with one attached hydrogen (secondary N) is 1. The standard InChI is InChI=1S/C18H25N5O/c1-14(18(24)19-17-13-22(2)21-20-17)23-10-8-16(9-11-23)12-15-6-4-3-5-7-15/h3-7,13-14,16H,8-12H2,1-2H3,(H,19,24). The Morgan fingerprint density at radius 3 is 2.62 bits per heavy atom. The van der Waals surface area contributed by atoms with E-state index in [2.05, 4.69) is 50.9 Å². The maximum atomic E-state index is 12.4. The van der Waals surface area contributed by atoms with Gasteiger partial charge in [-0.05, 0) is 50.8 Å². The van der Waals surface area contributed by atoms with Gasteiger partial charge < -0.3 is 5.32 Å². The van der Waals surface area contributed by atoms with Gasteiger partial charge in [0.05, 0.1) is 12.2 Å². The summed E-state index contributed by atoms with van der Waals surface area (Å²) in [4.78, 5) is 14.6. The van der Waals surface area contributed by atoms with Crippen molar-refractivity contribution in [1.29, 1.82) is 0 Å². The van der Waals surface area contributed by atoms with Gasteiger partial charge in [-0.15, -0.1) is 5.10 Å². The van der Waals surface area contributed by atoms with Crippen molar-refractivity contribution >= 4 is 11.7 Å². The van der Waals surface area contributed by atoms with Crippen LogP contribution in [-0.4, -0.2) is 44.9 Å². The minimum Gasteiger partial charge on any atom is -0.306 e. The van der Waals surface area contributed by atoms with Crippen molar-refractivity contribution in [2.45, 2.75) is 32.2 Å². The number of anilines is 1. The van der Waals surface area contributed by atoms with E-state index in [0.717, 1.165) is 32.4 Å². The van der Waals surface area contributed by atoms with Gasteiger partial charge in [0.2, 0.25) is 5.91 Å². The van der Waals surface area contributed by atoms with Gasteiger partial charge in [-0.25, -0.2) is 0 Å². The number of carbonyl (C=O) groups is 1. The molecule has 1 N–H and O–H groups in total. The Morgan fingerprint density at radius 1 is 1.29 bits per heavy atom. The fraction of sp³-hybridized carbons (Fsp3) is 0.500. The van der Waals surface area contributed by atoms with Gasteiger partial charge in [0, 0.05) is 7.05 Å². The predicted octanol–water partition coefficient (Wildman–Crippen LogP) is 2.10. The molecule has 1 aliphatic heterocycles. The van der Waals surface area contributed by atoms with E-state index < -0.39 is 0 Å². The summed E-state index contributed by atoms with van der Waals surface area (Å²) in [5.41, 5.74) is 1.41. The lowest BCUT2D eigenvalue weighted by Gasteiger charge is -2.35. The van der Waals surface area contributed by atoms with E-state index in [1.54, 1.807) is 17.9 Å². The molecule has 1 fully saturated rings. The normalized spacial score (nSPS) is 17.6. The molecule has 128 valence electrons. The third-order valence-electron chi connectivity index (χ3n) is 4.80. The molecule has 1 saturated heterocycles. The van der Waals surface area contributed by atoms with Gasteiger partial charge in [0.15, 0.2) is 5.82 Å². The Labute approximate surface area is 142 Å². The zero-order chi connectivity index (χ0) is 16.9. The number of benzene rings is 1. The van der Waals surface area contributed by atoms with Crippen LogP contribution in [-0.2, 0) is 18.3 Å². The molecule has 1 atom stereocenters. The number of hydrogen-bond donors (Lipinski definition) is 1. The summed E-state index contributed by atoms with van der Waals surface area (Å²) < 4.78 is 1.58. The number of aryl methyl sites for hydroxylation is 1. The lowest BCUT2D eigenvalue weighted by atomic mass is 9.89. The number of carbonyl (C=O) groups excluding carboxylic acids is 1. The summed E-state index contributed by atoms with van der Waals surface area (Å²) in [6, 6.07) is 10.5. The first-order chi connectivity index (χ1) is 11.6. The molecule has 0 bridgehead atoms. The van der Waals surface area contributed by atoms with Crippen LogP contribution < -0.4 is 5.32 Å². The number of aromatic nitrogens is 3. The molecule has 1 unspecified atom stereocenters. The van der Waals surface area contributed by atoms with Crippen molar-refractivity contribution in [3.8, 4) is 0 Å². The number of hydrogen-bond acceptors (Lipinski definition) is 4. The predicted molar refractivity (Wildman–Crippen MR) is 93.5 cm³/mol. The zero-order valence-corrected chi connectivity index (χ0v) is 14.4. The first-order valence-corrected chi connectivity index (χ1v) is 8.57. The highest BCUT2D eigenvalue weighted by atomic mass is 16.2. The van der Waals surface area contributed by atoms with Gasteiger partial charge in [-0.1, -0.05) is 35.5 Å². The van der Waals surface area contributed by atoms with Crippen molar-refractivity contribution < 1.29 is 4.79 Å². The fourth-order valence-electron chi connectivity index (χ4n) is 3.29. The van der Waals surface area contributed by atoms with E-state index >= 15 is 0 Å². The highest BCUT2D eigenvalue weighted by molar-refractivity contribution is 5.93. The molecule has 2 aromatic rings. The van der Waals surface area contributed by atoms with E-state index in [1.807, 2.05) is 6.92 Å². The third kappa shape index (κ3) is 4.20. The van der Waals surface area contributed by atoms with Gasteiger partial charge in [0.1, 0.15) is 0 Å². The highest BCUT2D eigenvalue weighted by Crippen LogP contribution is 2.23. The molecule has 3 rings (SSSR count). The monoisotopic (exact) mass is 327 g/mol. The molecule has 2 heterocycles. The van der Waals surface area contributed by atoms with Crippen LogP contribution in [0.3, 0.4) is 0 Å². The van der Waals surface area contributed by atoms with Gasteiger partial charge in [0.25, 0.3) is 0 Å². The quantitative estimate of drug-likeness (QED) is 0.913. The summed E-state index contributed by atoms with van der Waals surface area (Å²) in [6.07, 6.45) is 5.11. The molecule has 0 radical (unpaired) electrons. The molecule has 1 aromatic heterocycles. The Morgan fingerprint density at radius 2 is 2.00 bits per heavy atom. The van der Waals surface area contributed by atoms with E-state index in [4.69, 9.17) is 0 Å². The maximum Gasteiger partial charge on any atom is 0.242 e. The number of likely N-dealkylation sites (tertiary alicyclic amines) is 1. The van der Waals surface area contributed by atoms with Crippen molar-refractivity contribution in [3.05, 3.63) is 42.1 Å². The molecule has 6 heteroatoms. The average molecular weight is 327 g/mol. The number of amides is 1. The summed E-state index contributed by atoms with van der Waals surface area (Å²) in [5.74, 6) is 1.20. The SMILES string of the molecule is CC(C(=O)Nc1cn(C)nn1)N1CCC(Cc2ccccc2)CC1. The summed E-state index contributed by atoms with van der Waals surface area (Å²) in [6.45, 7) is 3.89. The Hall–Kier alpha value is -2.21. The lowest BCUT2D eigenvalue weighted by Crippen LogP contribution is -2.46. The van der Waals surface area contributed by atoms with Crippen molar-refractivity contribution in [3.63, 3.8) is 0 Å². The molecular weight excluding hydrogens is 302 g/mol. The molecule has 0 spiro atoms. The second-order valence-electron chi connectivity index (χ2n) is 6.61. The maximum absolute atomic E-state index is 12.4. The van der Waals surface area contributed by atoms with Gasteiger partial charge in [-0.3, -0.25) is 14.4 Å². The molecule has 24 heavy (non-hydrogen) atoms. The second-order valence-corrected chi connectivity index (χ2v) is 6.61. The number of piperidine rings is 1. The second kappa shape index (κ2) is 7.57. The lowest BCUT2D eigenvalue weighted by molar-refractivity contribution is -0.121. The minimum absolute atomic E-state index is 0.0167. The molecule has 0 saturated carbocycles. The fourth-order valence-corrected chi connectivity index (χ4v) is 3.29. The van der Waals surface area contributed by atoms with Crippen molar-refractivity contribution in [1.82, 2.24) is 19.9 Å². The van der Waals surface area contributed by atoms with Crippen LogP contribution >= 0.6 is 0 Å². The topological polar surface area (TPSA) is 63.1 Å². The van der Waals surface area contributed by atoms with Crippen LogP contribution in [0.4, 0.5) is 5.82 Å². The molecule has 0 aliphatic carbocycles. The van der Waals surface area contributed by atoms with E-state index in [-0.39, 0.29) is 11.9 Å². The van der Waals surface area contributed by atoms with Crippen LogP contribution in [0.15, 0.2) is 36.5 Å². The number of rotatable bonds is 5. The first kappa shape index (κ1) is 16.6. The Balaban J connectivity index is 1.47. The highest BCUT2D eigenvalue weighted by Gasteiger charge is 2.27. The zero-order valence-electron chi connectivity index (χ0n) is 14.4. The summed E-state index contributed by atoms with van der Waals surface area (Å²) in [7, 11) is 1.78. The molecular formula is C18H25N5O. The summed E-state index contributed by atoms with van der Waals surface area (Å²) in [5, 5.41) is 10.6. The molecule has 1 amide bonds. The van der Waals surface area contributed by atoms with E-state index in [9.17, 15) is 4.79 Å². The van der Waals surface area contributed by atoms with Crippen LogP contribution in [0.5, 0.6) is 0 Å². The van der Waals surface area contributed by atoms with Gasteiger partial charge >= 0.3 is 0 Å². The summed E-state index contributed by atoms with van der Waals surface area (Å²) >= 11 is 0. The van der Waals surface area contributed by atoms with Crippen LogP contribution in [0.25, 0.3) is 0 Å². The Bertz CT molecular complexity index is 661. The smallest absolute Gasteiger partial charge is 0.242 e. The minimum atomic E-state index is -0.148. The van der Waals surface area contributed by atoms with Crippen LogP contribution in [0, 0.1) is 5.92 Å². The first-order valence-electron chi connectivity index (χ1n) is 8.57. The van der Waals surface area contributed by atoms with E-state index in [0.29, 0.717) is 11.7 Å².